The minimum absolute atomic E-state index is 0.0437. The maximum atomic E-state index is 12.9. The van der Waals surface area contributed by atoms with E-state index in [9.17, 15) is 19.7 Å². The molecule has 0 unspecified atom stereocenters. The Hall–Kier alpha value is -3.69. The van der Waals surface area contributed by atoms with Crippen molar-refractivity contribution in [2.75, 3.05) is 5.32 Å². The fourth-order valence-corrected chi connectivity index (χ4v) is 4.20. The van der Waals surface area contributed by atoms with Gasteiger partial charge in [-0.1, -0.05) is 29.3 Å². The number of nitro benzene ring substituents is 1. The molecule has 0 fully saturated rings. The second-order valence-electron chi connectivity index (χ2n) is 8.05. The molecule has 0 saturated heterocycles. The average molecular weight is 515 g/mol. The van der Waals surface area contributed by atoms with Crippen molar-refractivity contribution in [1.82, 2.24) is 5.43 Å². The van der Waals surface area contributed by atoms with Crippen LogP contribution in [0.2, 0.25) is 10.0 Å². The molecule has 3 aromatic rings. The molecule has 4 rings (SSSR count). The molecule has 0 saturated carbocycles. The van der Waals surface area contributed by atoms with Crippen molar-refractivity contribution in [2.45, 2.75) is 33.1 Å². The molecular weight excluding hydrogens is 495 g/mol. The summed E-state index contributed by atoms with van der Waals surface area (Å²) in [4.78, 5) is 35.9. The smallest absolute Gasteiger partial charge is 0.291 e. The second kappa shape index (κ2) is 9.89. The number of nitro groups is 1. The highest BCUT2D eigenvalue weighted by atomic mass is 35.5. The quantitative estimate of drug-likeness (QED) is 0.326. The first-order valence-corrected chi connectivity index (χ1v) is 11.4. The van der Waals surface area contributed by atoms with E-state index in [2.05, 4.69) is 15.8 Å². The van der Waals surface area contributed by atoms with Crippen molar-refractivity contribution in [3.05, 3.63) is 90.3 Å². The Bertz CT molecular complexity index is 1400. The van der Waals surface area contributed by atoms with Crippen LogP contribution in [0.15, 0.2) is 45.9 Å². The van der Waals surface area contributed by atoms with E-state index in [1.54, 1.807) is 25.1 Å². The summed E-state index contributed by atoms with van der Waals surface area (Å²) in [5.41, 5.74) is 5.38. The summed E-state index contributed by atoms with van der Waals surface area (Å²) in [6.45, 7) is 3.62. The van der Waals surface area contributed by atoms with Gasteiger partial charge in [-0.3, -0.25) is 19.7 Å². The summed E-state index contributed by atoms with van der Waals surface area (Å²) >= 11 is 12.0. The summed E-state index contributed by atoms with van der Waals surface area (Å²) in [5.74, 6) is -0.287. The zero-order valence-corrected chi connectivity index (χ0v) is 20.3. The molecule has 0 spiro atoms. The molecule has 2 aromatic carbocycles. The number of hydrogen-bond acceptors (Lipinski definition) is 6. The number of rotatable bonds is 5. The van der Waals surface area contributed by atoms with Gasteiger partial charge in [0.15, 0.2) is 5.76 Å². The molecule has 0 radical (unpaired) electrons. The Labute approximate surface area is 210 Å². The zero-order valence-electron chi connectivity index (χ0n) is 18.8. The van der Waals surface area contributed by atoms with Crippen molar-refractivity contribution in [1.29, 1.82) is 0 Å². The molecule has 1 heterocycles. The predicted molar refractivity (Wildman–Crippen MR) is 133 cm³/mol. The number of halogens is 2. The minimum Gasteiger partial charge on any atom is -0.455 e. The van der Waals surface area contributed by atoms with E-state index in [0.717, 1.165) is 18.1 Å². The maximum Gasteiger partial charge on any atom is 0.291 e. The van der Waals surface area contributed by atoms with Crippen molar-refractivity contribution in [2.24, 2.45) is 5.10 Å². The van der Waals surface area contributed by atoms with Gasteiger partial charge in [-0.15, -0.1) is 0 Å². The molecule has 1 aliphatic rings. The Kier molecular flexibility index (Phi) is 6.90. The van der Waals surface area contributed by atoms with Gasteiger partial charge < -0.3 is 9.73 Å². The van der Waals surface area contributed by atoms with E-state index in [0.29, 0.717) is 46.2 Å². The van der Waals surface area contributed by atoms with Gasteiger partial charge >= 0.3 is 0 Å². The number of carbonyl (C=O) groups is 2. The number of fused-ring (bicyclic) bond motifs is 1. The lowest BCUT2D eigenvalue weighted by atomic mass is 9.93. The van der Waals surface area contributed by atoms with Gasteiger partial charge in [-0.25, -0.2) is 5.43 Å². The van der Waals surface area contributed by atoms with Crippen LogP contribution >= 0.6 is 23.2 Å². The van der Waals surface area contributed by atoms with Crippen molar-refractivity contribution >= 4 is 52.1 Å². The third-order valence-corrected chi connectivity index (χ3v) is 6.39. The molecule has 180 valence electrons. The molecule has 0 atom stereocenters. The number of nitrogens with one attached hydrogen (secondary N) is 2. The molecule has 0 bridgehead atoms. The Morgan fingerprint density at radius 2 is 1.83 bits per heavy atom. The molecule has 0 aliphatic heterocycles. The lowest BCUT2D eigenvalue weighted by molar-refractivity contribution is -0.384. The number of hydrogen-bond donors (Lipinski definition) is 2. The van der Waals surface area contributed by atoms with Crippen LogP contribution in [0.25, 0.3) is 0 Å². The molecule has 1 aliphatic carbocycles. The van der Waals surface area contributed by atoms with Crippen LogP contribution in [0.4, 0.5) is 11.4 Å². The van der Waals surface area contributed by atoms with Crippen molar-refractivity contribution in [3.63, 3.8) is 0 Å². The molecule has 35 heavy (non-hydrogen) atoms. The number of anilines is 1. The zero-order chi connectivity index (χ0) is 25.3. The standard InChI is InChI=1S/C24H20Cl2N4O5/c1-12-6-8-15(11-17(12)26)27-24(32)22-13(2)21-18(4-3-5-20(21)35-22)28-29-23(31)14-7-9-16(25)19(10-14)30(33)34/h6-11H,3-5H2,1-2H3,(H,27,32)(H,29,31)/b28-18+. The van der Waals surface area contributed by atoms with E-state index < -0.39 is 16.7 Å². The number of hydrazone groups is 1. The third kappa shape index (κ3) is 5.06. The van der Waals surface area contributed by atoms with E-state index >= 15 is 0 Å². The molecular formula is C24H20Cl2N4O5. The number of aryl methyl sites for hydroxylation is 2. The number of furan rings is 1. The fourth-order valence-electron chi connectivity index (χ4n) is 3.83. The number of carbonyl (C=O) groups excluding carboxylic acids is 2. The minimum atomic E-state index is -0.662. The van der Waals surface area contributed by atoms with Gasteiger partial charge in [-0.05, 0) is 56.5 Å². The van der Waals surface area contributed by atoms with Crippen LogP contribution in [-0.2, 0) is 6.42 Å². The van der Waals surface area contributed by atoms with Crippen LogP contribution < -0.4 is 10.7 Å². The highest BCUT2D eigenvalue weighted by Gasteiger charge is 2.28. The first kappa shape index (κ1) is 24.4. The van der Waals surface area contributed by atoms with Crippen molar-refractivity contribution < 1.29 is 18.9 Å². The number of amides is 2. The van der Waals surface area contributed by atoms with E-state index in [1.807, 2.05) is 6.92 Å². The van der Waals surface area contributed by atoms with E-state index in [4.69, 9.17) is 27.6 Å². The van der Waals surface area contributed by atoms with Crippen LogP contribution in [-0.4, -0.2) is 22.4 Å². The largest absolute Gasteiger partial charge is 0.455 e. The molecule has 2 N–H and O–H groups in total. The van der Waals surface area contributed by atoms with Gasteiger partial charge in [0.1, 0.15) is 10.8 Å². The summed E-state index contributed by atoms with van der Waals surface area (Å²) < 4.78 is 5.87. The van der Waals surface area contributed by atoms with Crippen LogP contribution in [0.1, 0.15) is 56.2 Å². The highest BCUT2D eigenvalue weighted by Crippen LogP contribution is 2.31. The van der Waals surface area contributed by atoms with E-state index in [1.165, 1.54) is 12.1 Å². The molecule has 9 nitrogen and oxygen atoms in total. The lowest BCUT2D eigenvalue weighted by Crippen LogP contribution is -2.22. The van der Waals surface area contributed by atoms with Crippen LogP contribution in [0.5, 0.6) is 0 Å². The summed E-state index contributed by atoms with van der Waals surface area (Å²) in [6.07, 6.45) is 1.90. The SMILES string of the molecule is Cc1ccc(NC(=O)c2oc3c(c2C)/C(=N/NC(=O)c2ccc(Cl)c([N+](=O)[O-])c2)CCC3)cc1Cl. The number of nitrogens with zero attached hydrogens (tertiary/aromatic N) is 2. The number of benzene rings is 2. The van der Waals surface area contributed by atoms with Crippen LogP contribution in [0.3, 0.4) is 0 Å². The first-order valence-electron chi connectivity index (χ1n) is 10.7. The monoisotopic (exact) mass is 514 g/mol. The Morgan fingerprint density at radius 3 is 2.54 bits per heavy atom. The first-order chi connectivity index (χ1) is 16.7. The Morgan fingerprint density at radius 1 is 1.06 bits per heavy atom. The average Bonchev–Trinajstić information content (AvgIpc) is 3.17. The normalized spacial score (nSPS) is 13.9. The molecule has 2 amide bonds. The highest BCUT2D eigenvalue weighted by molar-refractivity contribution is 6.32. The summed E-state index contributed by atoms with van der Waals surface area (Å²) in [5, 5.41) is 18.6. The molecule has 1 aromatic heterocycles. The van der Waals surface area contributed by atoms with Gasteiger partial charge in [0.05, 0.1) is 10.6 Å². The van der Waals surface area contributed by atoms with Gasteiger partial charge in [-0.2, -0.15) is 5.10 Å². The lowest BCUT2D eigenvalue weighted by Gasteiger charge is -2.13. The Balaban J connectivity index is 1.56. The topological polar surface area (TPSA) is 127 Å². The summed E-state index contributed by atoms with van der Waals surface area (Å²) in [7, 11) is 0. The molecule has 11 heteroatoms. The fraction of sp³-hybridized carbons (Fsp3) is 0.208. The van der Waals surface area contributed by atoms with Gasteiger partial charge in [0, 0.05) is 39.9 Å². The second-order valence-corrected chi connectivity index (χ2v) is 8.86. The van der Waals surface area contributed by atoms with Crippen molar-refractivity contribution in [3.8, 4) is 0 Å². The third-order valence-electron chi connectivity index (χ3n) is 5.66. The van der Waals surface area contributed by atoms with Gasteiger partial charge in [0.25, 0.3) is 17.5 Å². The summed E-state index contributed by atoms with van der Waals surface area (Å²) in [6, 6.07) is 8.97. The van der Waals surface area contributed by atoms with E-state index in [-0.39, 0.29) is 22.0 Å². The maximum absolute atomic E-state index is 12.9. The van der Waals surface area contributed by atoms with Crippen LogP contribution in [0, 0.1) is 24.0 Å². The van der Waals surface area contributed by atoms with Gasteiger partial charge in [0.2, 0.25) is 0 Å². The predicted octanol–water partition coefficient (Wildman–Crippen LogP) is 5.83.